The van der Waals surface area contributed by atoms with Crippen molar-refractivity contribution in [2.75, 3.05) is 6.61 Å². The Morgan fingerprint density at radius 1 is 1.00 bits per heavy atom. The largest absolute Gasteiger partial charge is 0.414 e. The van der Waals surface area contributed by atoms with Gasteiger partial charge >= 0.3 is 0 Å². The molecule has 0 aromatic heterocycles. The van der Waals surface area contributed by atoms with E-state index in [9.17, 15) is 4.79 Å². The van der Waals surface area contributed by atoms with Gasteiger partial charge in [-0.15, -0.1) is 0 Å². The Morgan fingerprint density at radius 2 is 1.46 bits per heavy atom. The molecule has 3 atom stereocenters. The van der Waals surface area contributed by atoms with Crippen LogP contribution in [0.4, 0.5) is 0 Å². The summed E-state index contributed by atoms with van der Waals surface area (Å²) >= 11 is 0. The quantitative estimate of drug-likeness (QED) is 0.690. The lowest BCUT2D eigenvalue weighted by atomic mass is 9.94. The highest BCUT2D eigenvalue weighted by atomic mass is 28.4. The van der Waals surface area contributed by atoms with Gasteiger partial charge in [-0.1, -0.05) is 41.5 Å². The van der Waals surface area contributed by atoms with Gasteiger partial charge in [0.1, 0.15) is 20.1 Å². The maximum Gasteiger partial charge on any atom is 0.193 e. The lowest BCUT2D eigenvalue weighted by molar-refractivity contribution is -0.127. The molecule has 7 heteroatoms. The summed E-state index contributed by atoms with van der Waals surface area (Å²) in [6, 6.07) is -0.709. The van der Waals surface area contributed by atoms with Gasteiger partial charge in [0.05, 0.1) is 6.61 Å². The zero-order chi connectivity index (χ0) is 19.1. The van der Waals surface area contributed by atoms with Crippen LogP contribution in [0.5, 0.6) is 0 Å². The number of rotatable bonds is 5. The average Bonchev–Trinajstić information content (AvgIpc) is 2.61. The van der Waals surface area contributed by atoms with Crippen LogP contribution in [0.15, 0.2) is 0 Å². The molecule has 1 heterocycles. The second kappa shape index (κ2) is 6.99. The minimum Gasteiger partial charge on any atom is -0.414 e. The topological polar surface area (TPSA) is 44.8 Å². The van der Waals surface area contributed by atoms with Crippen molar-refractivity contribution in [3.63, 3.8) is 0 Å². The minimum absolute atomic E-state index is 0.0166. The fourth-order valence-corrected chi connectivity index (χ4v) is 4.15. The first-order valence-electron chi connectivity index (χ1n) is 8.76. The van der Waals surface area contributed by atoms with Gasteiger partial charge in [0, 0.05) is 6.00 Å². The molecule has 0 N–H and O–H groups in total. The second-order valence-corrected chi connectivity index (χ2v) is 19.4. The predicted octanol–water partition coefficient (Wildman–Crippen LogP) is 3.86. The fourth-order valence-electron chi connectivity index (χ4n) is 1.91. The van der Waals surface area contributed by atoms with E-state index >= 15 is 0 Å². The van der Waals surface area contributed by atoms with Crippen molar-refractivity contribution in [2.45, 2.75) is 96.0 Å². The van der Waals surface area contributed by atoms with E-state index in [-0.39, 0.29) is 22.5 Å². The van der Waals surface area contributed by atoms with Crippen molar-refractivity contribution >= 4 is 30.3 Å². The number of ether oxygens (including phenoxy) is 1. The normalized spacial score (nSPS) is 26.9. The molecule has 1 aliphatic heterocycles. The Labute approximate surface area is 151 Å². The molecule has 0 aromatic carbocycles. The van der Waals surface area contributed by atoms with Crippen molar-refractivity contribution in [1.29, 1.82) is 0 Å². The predicted molar refractivity (Wildman–Crippen MR) is 105 cm³/mol. The Balaban J connectivity index is 2.76. The van der Waals surface area contributed by atoms with E-state index in [2.05, 4.69) is 67.7 Å². The van der Waals surface area contributed by atoms with E-state index in [1.165, 1.54) is 0 Å². The van der Waals surface area contributed by atoms with Crippen LogP contribution in [0.1, 0.15) is 41.5 Å². The van der Waals surface area contributed by atoms with Crippen LogP contribution in [-0.2, 0) is 18.4 Å². The number of Topliss-reactive ketones (excluding diaryl/α,β-unsaturated/α-hetero) is 1. The number of hydrogen-bond acceptors (Lipinski definition) is 4. The summed E-state index contributed by atoms with van der Waals surface area (Å²) in [6.07, 6.45) is -1.30. The molecule has 1 saturated heterocycles. The third-order valence-electron chi connectivity index (χ3n) is 5.85. The molecule has 1 fully saturated rings. The van der Waals surface area contributed by atoms with Crippen LogP contribution in [0.3, 0.4) is 0 Å². The van der Waals surface area contributed by atoms with Gasteiger partial charge in [-0.2, -0.15) is 0 Å². The van der Waals surface area contributed by atoms with Gasteiger partial charge in [-0.25, -0.2) is 0 Å². The number of hydrogen-bond donors (Lipinski definition) is 0. The molecule has 0 saturated carbocycles. The first-order chi connectivity index (χ1) is 10.5. The molecule has 3 unspecified atom stereocenters. The van der Waals surface area contributed by atoms with Crippen LogP contribution < -0.4 is 0 Å². The van der Waals surface area contributed by atoms with E-state index in [1.807, 2.05) is 0 Å². The second-order valence-electron chi connectivity index (χ2n) is 9.86. The van der Waals surface area contributed by atoms with Gasteiger partial charge in [-0.3, -0.25) is 4.79 Å². The molecule has 0 aromatic rings. The summed E-state index contributed by atoms with van der Waals surface area (Å²) < 4.78 is 18.0. The number of carbonyl (C=O) groups excluding carboxylic acids is 1. The molecule has 1 aliphatic rings. The van der Waals surface area contributed by atoms with E-state index in [0.29, 0.717) is 0 Å². The highest BCUT2D eigenvalue weighted by molar-refractivity contribution is 6.74. The van der Waals surface area contributed by atoms with Crippen molar-refractivity contribution in [3.8, 4) is 0 Å². The molecule has 0 bridgehead atoms. The summed E-state index contributed by atoms with van der Waals surface area (Å²) in [6.45, 7) is 21.8. The Bertz CT molecular complexity index is 466. The smallest absolute Gasteiger partial charge is 0.193 e. The molecule has 1 rings (SSSR count). The maximum absolute atomic E-state index is 12.7. The first-order valence-corrected chi connectivity index (χ1v) is 14.6. The molecular formula is C17H35BO4Si2. The maximum atomic E-state index is 12.7. The van der Waals surface area contributed by atoms with E-state index in [0.717, 1.165) is 0 Å². The van der Waals surface area contributed by atoms with E-state index in [4.69, 9.17) is 21.4 Å². The summed E-state index contributed by atoms with van der Waals surface area (Å²) in [5.41, 5.74) is 0. The van der Waals surface area contributed by atoms with Crippen LogP contribution in [0.2, 0.25) is 36.3 Å². The number of carbonyl (C=O) groups is 1. The lowest BCUT2D eigenvalue weighted by Crippen LogP contribution is -2.48. The molecule has 0 aliphatic carbocycles. The molecule has 24 heavy (non-hydrogen) atoms. The molecule has 138 valence electrons. The standard InChI is InChI=1S/C17H35BO4Si2/c1-16(2,3)23(7,8)20-11-12-13(19)14(15(18)21-12)22-24(9,10)17(4,5)6/h12,14-15H,11H2,1-10H3. The Morgan fingerprint density at radius 3 is 1.88 bits per heavy atom. The van der Waals surface area contributed by atoms with Crippen molar-refractivity contribution < 1.29 is 18.4 Å². The molecular weight excluding hydrogens is 335 g/mol. The van der Waals surface area contributed by atoms with Gasteiger partial charge in [-0.05, 0) is 36.3 Å². The zero-order valence-corrected chi connectivity index (χ0v) is 19.1. The van der Waals surface area contributed by atoms with Gasteiger partial charge < -0.3 is 13.6 Å². The van der Waals surface area contributed by atoms with Gasteiger partial charge in [0.15, 0.2) is 22.4 Å². The highest BCUT2D eigenvalue weighted by Gasteiger charge is 2.48. The lowest BCUT2D eigenvalue weighted by Gasteiger charge is -2.38. The van der Waals surface area contributed by atoms with Crippen molar-refractivity contribution in [2.24, 2.45) is 0 Å². The van der Waals surface area contributed by atoms with Crippen molar-refractivity contribution in [1.82, 2.24) is 0 Å². The SMILES string of the molecule is [B]C1OC(CO[Si](C)(C)C(C)(C)C)C(=O)C1O[Si](C)(C)C(C)(C)C. The Kier molecular flexibility index (Phi) is 6.43. The Hall–Kier alpha value is 0.0487. The molecule has 0 amide bonds. The monoisotopic (exact) mass is 370 g/mol. The average molecular weight is 370 g/mol. The van der Waals surface area contributed by atoms with Crippen LogP contribution >= 0.6 is 0 Å². The molecule has 2 radical (unpaired) electrons. The van der Waals surface area contributed by atoms with E-state index < -0.39 is 34.8 Å². The van der Waals surface area contributed by atoms with Crippen LogP contribution in [0.25, 0.3) is 0 Å². The van der Waals surface area contributed by atoms with E-state index in [1.54, 1.807) is 0 Å². The first kappa shape index (κ1) is 22.1. The van der Waals surface area contributed by atoms with Gasteiger partial charge in [0.2, 0.25) is 0 Å². The van der Waals surface area contributed by atoms with Crippen LogP contribution in [-0.4, -0.2) is 55.1 Å². The van der Waals surface area contributed by atoms with Gasteiger partial charge in [0.25, 0.3) is 0 Å². The van der Waals surface area contributed by atoms with Crippen LogP contribution in [0, 0.1) is 0 Å². The van der Waals surface area contributed by atoms with Crippen molar-refractivity contribution in [3.05, 3.63) is 0 Å². The summed E-state index contributed by atoms with van der Waals surface area (Å²) in [5, 5.41) is 0.108. The zero-order valence-electron chi connectivity index (χ0n) is 17.1. The summed E-state index contributed by atoms with van der Waals surface area (Å²) in [4.78, 5) is 12.7. The minimum atomic E-state index is -2.09. The fraction of sp³-hybridized carbons (Fsp3) is 0.941. The highest BCUT2D eigenvalue weighted by Crippen LogP contribution is 2.39. The third-order valence-corrected chi connectivity index (χ3v) is 14.8. The summed E-state index contributed by atoms with van der Waals surface area (Å²) in [5.74, 6) is -0.0777. The molecule has 0 spiro atoms. The third kappa shape index (κ3) is 4.81. The summed E-state index contributed by atoms with van der Waals surface area (Å²) in [7, 11) is 2.03. The number of ketones is 1. The molecule has 4 nitrogen and oxygen atoms in total.